The molecular weight excluding hydrogens is 292 g/mol. The van der Waals surface area contributed by atoms with Crippen LogP contribution in [0, 0.1) is 19.8 Å². The first kappa shape index (κ1) is 17.5. The van der Waals surface area contributed by atoms with E-state index in [2.05, 4.69) is 5.32 Å². The number of nitrogens with one attached hydrogen (secondary N) is 1. The summed E-state index contributed by atoms with van der Waals surface area (Å²) < 4.78 is 4.93. The number of rotatable bonds is 5. The van der Waals surface area contributed by atoms with E-state index in [1.165, 1.54) is 5.56 Å². The zero-order valence-corrected chi connectivity index (χ0v) is 14.2. The lowest BCUT2D eigenvalue weighted by atomic mass is 9.95. The molecule has 1 aliphatic heterocycles. The third-order valence-electron chi connectivity index (χ3n) is 4.51. The van der Waals surface area contributed by atoms with Crippen molar-refractivity contribution in [3.8, 4) is 0 Å². The van der Waals surface area contributed by atoms with Crippen LogP contribution in [0.25, 0.3) is 0 Å². The van der Waals surface area contributed by atoms with Crippen molar-refractivity contribution in [2.24, 2.45) is 5.92 Å². The van der Waals surface area contributed by atoms with E-state index in [0.717, 1.165) is 24.0 Å². The molecule has 126 valence electrons. The maximum Gasteiger partial charge on any atom is 0.253 e. The van der Waals surface area contributed by atoms with Gasteiger partial charge in [-0.3, -0.25) is 9.59 Å². The van der Waals surface area contributed by atoms with Crippen LogP contribution in [0.5, 0.6) is 0 Å². The molecule has 1 aromatic rings. The summed E-state index contributed by atoms with van der Waals surface area (Å²) in [5.74, 6) is 0.127. The van der Waals surface area contributed by atoms with Gasteiger partial charge in [-0.1, -0.05) is 6.07 Å². The van der Waals surface area contributed by atoms with Gasteiger partial charge in [-0.2, -0.15) is 0 Å². The summed E-state index contributed by atoms with van der Waals surface area (Å²) >= 11 is 0. The number of hydrogen-bond acceptors (Lipinski definition) is 3. The molecule has 0 unspecified atom stereocenters. The van der Waals surface area contributed by atoms with Gasteiger partial charge in [0.25, 0.3) is 5.91 Å². The van der Waals surface area contributed by atoms with E-state index >= 15 is 0 Å². The SMILES string of the molecule is COCCNC(=O)C1CCN(C(=O)c2ccc(C)c(C)c2)CC1. The van der Waals surface area contributed by atoms with Gasteiger partial charge >= 0.3 is 0 Å². The van der Waals surface area contributed by atoms with Crippen molar-refractivity contribution in [1.82, 2.24) is 10.2 Å². The number of carbonyl (C=O) groups excluding carboxylic acids is 2. The quantitative estimate of drug-likeness (QED) is 0.844. The Morgan fingerprint density at radius 2 is 1.91 bits per heavy atom. The van der Waals surface area contributed by atoms with Gasteiger partial charge in [0.15, 0.2) is 0 Å². The van der Waals surface area contributed by atoms with Crippen molar-refractivity contribution in [1.29, 1.82) is 0 Å². The van der Waals surface area contributed by atoms with Crippen molar-refractivity contribution in [3.63, 3.8) is 0 Å². The highest BCUT2D eigenvalue weighted by Gasteiger charge is 2.27. The minimum atomic E-state index is -0.00402. The highest BCUT2D eigenvalue weighted by atomic mass is 16.5. The van der Waals surface area contributed by atoms with E-state index in [4.69, 9.17) is 4.74 Å². The molecule has 5 heteroatoms. The molecule has 1 aliphatic rings. The summed E-state index contributed by atoms with van der Waals surface area (Å²) in [6.45, 7) is 6.38. The fraction of sp³-hybridized carbons (Fsp3) is 0.556. The molecule has 1 saturated heterocycles. The zero-order valence-electron chi connectivity index (χ0n) is 14.2. The molecule has 1 N–H and O–H groups in total. The lowest BCUT2D eigenvalue weighted by Gasteiger charge is -2.31. The first-order valence-electron chi connectivity index (χ1n) is 8.16. The Kier molecular flexibility index (Phi) is 6.16. The second kappa shape index (κ2) is 8.11. The number of piperidine rings is 1. The van der Waals surface area contributed by atoms with E-state index in [1.807, 2.05) is 36.9 Å². The lowest BCUT2D eigenvalue weighted by molar-refractivity contribution is -0.126. The second-order valence-electron chi connectivity index (χ2n) is 6.15. The van der Waals surface area contributed by atoms with Crippen LogP contribution in [-0.4, -0.2) is 50.1 Å². The third kappa shape index (κ3) is 4.55. The van der Waals surface area contributed by atoms with E-state index < -0.39 is 0 Å². The van der Waals surface area contributed by atoms with Gasteiger partial charge in [-0.05, 0) is 49.9 Å². The standard InChI is InChI=1S/C18H26N2O3/c1-13-4-5-16(12-14(13)2)18(22)20-9-6-15(7-10-20)17(21)19-8-11-23-3/h4-5,12,15H,6-11H2,1-3H3,(H,19,21). The van der Waals surface area contributed by atoms with Gasteiger partial charge in [0, 0.05) is 38.2 Å². The average molecular weight is 318 g/mol. The second-order valence-corrected chi connectivity index (χ2v) is 6.15. The van der Waals surface area contributed by atoms with Crippen molar-refractivity contribution >= 4 is 11.8 Å². The summed E-state index contributed by atoms with van der Waals surface area (Å²) in [5, 5.41) is 2.88. The number of benzene rings is 1. The van der Waals surface area contributed by atoms with Gasteiger partial charge in [0.05, 0.1) is 6.61 Å². The summed E-state index contributed by atoms with van der Waals surface area (Å²) in [7, 11) is 1.61. The molecule has 0 aliphatic carbocycles. The first-order valence-corrected chi connectivity index (χ1v) is 8.16. The minimum absolute atomic E-state index is 0.00402. The van der Waals surface area contributed by atoms with Crippen LogP contribution in [-0.2, 0) is 9.53 Å². The number of ether oxygens (including phenoxy) is 1. The maximum atomic E-state index is 12.6. The molecule has 0 bridgehead atoms. The summed E-state index contributed by atoms with van der Waals surface area (Å²) in [6.07, 6.45) is 1.44. The van der Waals surface area contributed by atoms with Crippen LogP contribution >= 0.6 is 0 Å². The minimum Gasteiger partial charge on any atom is -0.383 e. The number of hydrogen-bond donors (Lipinski definition) is 1. The molecule has 0 aromatic heterocycles. The molecule has 1 heterocycles. The van der Waals surface area contributed by atoms with Crippen LogP contribution in [0.1, 0.15) is 34.3 Å². The number of aryl methyl sites for hydroxylation is 2. The highest BCUT2D eigenvalue weighted by molar-refractivity contribution is 5.94. The van der Waals surface area contributed by atoms with E-state index in [0.29, 0.717) is 26.2 Å². The van der Waals surface area contributed by atoms with Crippen LogP contribution in [0.3, 0.4) is 0 Å². The number of carbonyl (C=O) groups is 2. The van der Waals surface area contributed by atoms with Crippen LogP contribution in [0.4, 0.5) is 0 Å². The molecule has 0 radical (unpaired) electrons. The molecular formula is C18H26N2O3. The van der Waals surface area contributed by atoms with Gasteiger partial charge in [0.1, 0.15) is 0 Å². The Morgan fingerprint density at radius 3 is 2.52 bits per heavy atom. The molecule has 1 fully saturated rings. The lowest BCUT2D eigenvalue weighted by Crippen LogP contribution is -2.43. The van der Waals surface area contributed by atoms with Crippen molar-refractivity contribution in [2.75, 3.05) is 33.4 Å². The van der Waals surface area contributed by atoms with E-state index in [9.17, 15) is 9.59 Å². The monoisotopic (exact) mass is 318 g/mol. The topological polar surface area (TPSA) is 58.6 Å². The molecule has 1 aromatic carbocycles. The predicted octanol–water partition coefficient (Wildman–Crippen LogP) is 1.92. The normalized spacial score (nSPS) is 15.5. The molecule has 23 heavy (non-hydrogen) atoms. The van der Waals surface area contributed by atoms with E-state index in [1.54, 1.807) is 7.11 Å². The average Bonchev–Trinajstić information content (AvgIpc) is 2.57. The van der Waals surface area contributed by atoms with Gasteiger partial charge in [-0.25, -0.2) is 0 Å². The van der Waals surface area contributed by atoms with Crippen LogP contribution in [0.2, 0.25) is 0 Å². The molecule has 2 rings (SSSR count). The third-order valence-corrected chi connectivity index (χ3v) is 4.51. The van der Waals surface area contributed by atoms with Gasteiger partial charge < -0.3 is 15.0 Å². The number of methoxy groups -OCH3 is 1. The maximum absolute atomic E-state index is 12.6. The largest absolute Gasteiger partial charge is 0.383 e. The molecule has 0 saturated carbocycles. The van der Waals surface area contributed by atoms with Gasteiger partial charge in [0.2, 0.25) is 5.91 Å². The molecule has 5 nitrogen and oxygen atoms in total. The highest BCUT2D eigenvalue weighted by Crippen LogP contribution is 2.20. The Labute approximate surface area is 138 Å². The van der Waals surface area contributed by atoms with Crippen molar-refractivity contribution in [3.05, 3.63) is 34.9 Å². The Balaban J connectivity index is 1.87. The summed E-state index contributed by atoms with van der Waals surface area (Å²) in [5.41, 5.74) is 3.05. The zero-order chi connectivity index (χ0) is 16.8. The van der Waals surface area contributed by atoms with Crippen molar-refractivity contribution < 1.29 is 14.3 Å². The number of amides is 2. The van der Waals surface area contributed by atoms with Crippen LogP contribution in [0.15, 0.2) is 18.2 Å². The Morgan fingerprint density at radius 1 is 1.22 bits per heavy atom. The predicted molar refractivity (Wildman–Crippen MR) is 89.4 cm³/mol. The fourth-order valence-corrected chi connectivity index (χ4v) is 2.82. The van der Waals surface area contributed by atoms with Gasteiger partial charge in [-0.15, -0.1) is 0 Å². The Hall–Kier alpha value is -1.88. The Bertz CT molecular complexity index is 563. The molecule has 2 amide bonds. The van der Waals surface area contributed by atoms with Crippen molar-refractivity contribution in [2.45, 2.75) is 26.7 Å². The molecule has 0 spiro atoms. The summed E-state index contributed by atoms with van der Waals surface area (Å²) in [6, 6.07) is 5.81. The summed E-state index contributed by atoms with van der Waals surface area (Å²) in [4.78, 5) is 26.4. The fourth-order valence-electron chi connectivity index (χ4n) is 2.82. The molecule has 0 atom stereocenters. The first-order chi connectivity index (χ1) is 11.0. The van der Waals surface area contributed by atoms with Crippen LogP contribution < -0.4 is 5.32 Å². The number of nitrogens with zero attached hydrogens (tertiary/aromatic N) is 1. The van der Waals surface area contributed by atoms with E-state index in [-0.39, 0.29) is 17.7 Å². The smallest absolute Gasteiger partial charge is 0.253 e. The number of likely N-dealkylation sites (tertiary alicyclic amines) is 1.